The molecule has 1 aliphatic rings. The summed E-state index contributed by atoms with van der Waals surface area (Å²) in [5, 5.41) is 17.7. The Labute approximate surface area is 212 Å². The zero-order chi connectivity index (χ0) is 26.5. The average Bonchev–Trinajstić information content (AvgIpc) is 3.52. The normalized spacial score (nSPS) is 13.1. The van der Waals surface area contributed by atoms with Crippen LogP contribution in [0.2, 0.25) is 0 Å². The van der Waals surface area contributed by atoms with Crippen LogP contribution in [-0.4, -0.2) is 35.8 Å². The fraction of sp³-hybridized carbons (Fsp3) is 0.269. The quantitative estimate of drug-likeness (QED) is 0.251. The van der Waals surface area contributed by atoms with Crippen molar-refractivity contribution >= 4 is 23.7 Å². The van der Waals surface area contributed by atoms with Gasteiger partial charge in [0.1, 0.15) is 17.6 Å². The number of carbonyl (C=O) groups excluding carboxylic acids is 2. The molecule has 4 rings (SSSR count). The topological polar surface area (TPSA) is 145 Å². The van der Waals surface area contributed by atoms with Gasteiger partial charge in [0.05, 0.1) is 11.1 Å². The van der Waals surface area contributed by atoms with E-state index in [0.717, 1.165) is 0 Å². The van der Waals surface area contributed by atoms with Crippen LogP contribution in [0, 0.1) is 23.0 Å². The minimum absolute atomic E-state index is 0.00105. The summed E-state index contributed by atoms with van der Waals surface area (Å²) in [6, 6.07) is 11.9. The Morgan fingerprint density at radius 3 is 2.62 bits per heavy atom. The van der Waals surface area contributed by atoms with Gasteiger partial charge in [-0.05, 0) is 61.2 Å². The Morgan fingerprint density at radius 1 is 1.11 bits per heavy atom. The lowest BCUT2D eigenvalue weighted by molar-refractivity contribution is -0.384. The smallest absolute Gasteiger partial charge is 0.269 e. The molecule has 11 nitrogen and oxygen atoms in total. The van der Waals surface area contributed by atoms with Gasteiger partial charge in [0.25, 0.3) is 17.5 Å². The number of hydrogen-bond donors (Lipinski definition) is 2. The lowest BCUT2D eigenvalue weighted by Crippen LogP contribution is -2.46. The molecule has 0 saturated heterocycles. The molecule has 0 aliphatic carbocycles. The number of amides is 2. The monoisotopic (exact) mass is 506 g/mol. The molecule has 1 aromatic heterocycles. The fourth-order valence-electron chi connectivity index (χ4n) is 3.82. The van der Waals surface area contributed by atoms with Gasteiger partial charge in [-0.15, -0.1) is 0 Å². The summed E-state index contributed by atoms with van der Waals surface area (Å²) in [5.41, 5.74) is 4.19. The lowest BCUT2D eigenvalue weighted by atomic mass is 10.0. The van der Waals surface area contributed by atoms with Crippen molar-refractivity contribution in [3.05, 3.63) is 75.5 Å². The number of carbonyl (C=O) groups is 2. The Hall–Kier alpha value is -4.67. The summed E-state index contributed by atoms with van der Waals surface area (Å²) in [7, 11) is 0. The Balaban J connectivity index is 1.40. The SMILES string of the molecule is Cc1cc([N+](=O)[O-])ccc1-c1ccc(/C=N\NC(=O)[C@H](CC(C)C)NC(=O)c2ccc3c(c2)OCO3)o1. The van der Waals surface area contributed by atoms with Crippen molar-refractivity contribution in [2.45, 2.75) is 33.2 Å². The van der Waals surface area contributed by atoms with Crippen molar-refractivity contribution < 1.29 is 28.4 Å². The maximum atomic E-state index is 12.8. The molecule has 11 heteroatoms. The molecule has 1 aliphatic heterocycles. The second kappa shape index (κ2) is 10.9. The van der Waals surface area contributed by atoms with E-state index in [1.54, 1.807) is 43.3 Å². The fourth-order valence-corrected chi connectivity index (χ4v) is 3.82. The number of rotatable bonds is 9. The zero-order valence-electron chi connectivity index (χ0n) is 20.5. The molecule has 192 valence electrons. The molecule has 0 bridgehead atoms. The number of fused-ring (bicyclic) bond motifs is 1. The molecule has 0 radical (unpaired) electrons. The van der Waals surface area contributed by atoms with Gasteiger partial charge in [-0.1, -0.05) is 13.8 Å². The Bertz CT molecular complexity index is 1360. The number of nitro benzene ring substituents is 1. The van der Waals surface area contributed by atoms with Gasteiger partial charge in [-0.2, -0.15) is 5.10 Å². The van der Waals surface area contributed by atoms with Crippen LogP contribution < -0.4 is 20.2 Å². The highest BCUT2D eigenvalue weighted by Gasteiger charge is 2.24. The highest BCUT2D eigenvalue weighted by molar-refractivity contribution is 5.98. The third-order valence-corrected chi connectivity index (χ3v) is 5.64. The second-order valence-corrected chi connectivity index (χ2v) is 8.92. The first kappa shape index (κ1) is 25.4. The largest absolute Gasteiger partial charge is 0.455 e. The number of nitrogens with one attached hydrogen (secondary N) is 2. The van der Waals surface area contributed by atoms with Crippen LogP contribution in [0.3, 0.4) is 0 Å². The average molecular weight is 507 g/mol. The van der Waals surface area contributed by atoms with Gasteiger partial charge in [-0.3, -0.25) is 19.7 Å². The van der Waals surface area contributed by atoms with Crippen LogP contribution in [0.25, 0.3) is 11.3 Å². The molecule has 2 aromatic carbocycles. The number of hydrogen-bond acceptors (Lipinski definition) is 8. The van der Waals surface area contributed by atoms with Crippen molar-refractivity contribution in [2.24, 2.45) is 11.0 Å². The molecule has 2 N–H and O–H groups in total. The zero-order valence-corrected chi connectivity index (χ0v) is 20.5. The summed E-state index contributed by atoms with van der Waals surface area (Å²) >= 11 is 0. The highest BCUT2D eigenvalue weighted by Crippen LogP contribution is 2.32. The summed E-state index contributed by atoms with van der Waals surface area (Å²) in [6.45, 7) is 5.74. The van der Waals surface area contributed by atoms with E-state index in [1.165, 1.54) is 18.3 Å². The van der Waals surface area contributed by atoms with E-state index >= 15 is 0 Å². The van der Waals surface area contributed by atoms with Crippen molar-refractivity contribution in [1.29, 1.82) is 0 Å². The van der Waals surface area contributed by atoms with Crippen LogP contribution >= 0.6 is 0 Å². The number of non-ortho nitro benzene ring substituents is 1. The van der Waals surface area contributed by atoms with Crippen LogP contribution in [0.5, 0.6) is 11.5 Å². The molecule has 0 fully saturated rings. The lowest BCUT2D eigenvalue weighted by Gasteiger charge is -2.19. The van der Waals surface area contributed by atoms with E-state index in [9.17, 15) is 19.7 Å². The number of nitrogens with zero attached hydrogens (tertiary/aromatic N) is 2. The number of hydrazone groups is 1. The summed E-state index contributed by atoms with van der Waals surface area (Å²) in [6.07, 6.45) is 1.75. The molecular weight excluding hydrogens is 480 g/mol. The summed E-state index contributed by atoms with van der Waals surface area (Å²) in [4.78, 5) is 36.1. The van der Waals surface area contributed by atoms with E-state index in [4.69, 9.17) is 13.9 Å². The van der Waals surface area contributed by atoms with Gasteiger partial charge < -0.3 is 19.2 Å². The molecule has 3 aromatic rings. The first-order valence-corrected chi connectivity index (χ1v) is 11.6. The molecule has 1 atom stereocenters. The van der Waals surface area contributed by atoms with Gasteiger partial charge in [0, 0.05) is 23.3 Å². The van der Waals surface area contributed by atoms with Crippen LogP contribution in [-0.2, 0) is 4.79 Å². The van der Waals surface area contributed by atoms with Crippen molar-refractivity contribution in [1.82, 2.24) is 10.7 Å². The molecule has 0 spiro atoms. The highest BCUT2D eigenvalue weighted by atomic mass is 16.7. The maximum absolute atomic E-state index is 12.8. The summed E-state index contributed by atoms with van der Waals surface area (Å²) < 4.78 is 16.3. The van der Waals surface area contributed by atoms with E-state index < -0.39 is 22.8 Å². The van der Waals surface area contributed by atoms with Crippen molar-refractivity contribution in [3.63, 3.8) is 0 Å². The molecule has 0 unspecified atom stereocenters. The molecule has 0 saturated carbocycles. The van der Waals surface area contributed by atoms with Gasteiger partial charge in [0.15, 0.2) is 11.5 Å². The Kier molecular flexibility index (Phi) is 7.52. The van der Waals surface area contributed by atoms with Gasteiger partial charge >= 0.3 is 0 Å². The molecular formula is C26H26N4O7. The van der Waals surface area contributed by atoms with Crippen molar-refractivity contribution in [3.8, 4) is 22.8 Å². The van der Waals surface area contributed by atoms with Crippen LogP contribution in [0.15, 0.2) is 58.0 Å². The number of furan rings is 1. The predicted molar refractivity (Wildman–Crippen MR) is 135 cm³/mol. The number of nitro groups is 1. The van der Waals surface area contributed by atoms with Crippen LogP contribution in [0.1, 0.15) is 41.9 Å². The maximum Gasteiger partial charge on any atom is 0.269 e. The number of ether oxygens (including phenoxy) is 2. The first-order valence-electron chi connectivity index (χ1n) is 11.6. The third kappa shape index (κ3) is 6.13. The first-order chi connectivity index (χ1) is 17.7. The van der Waals surface area contributed by atoms with E-state index in [1.807, 2.05) is 13.8 Å². The number of benzene rings is 2. The van der Waals surface area contributed by atoms with Gasteiger partial charge in [-0.25, -0.2) is 5.43 Å². The predicted octanol–water partition coefficient (Wildman–Crippen LogP) is 4.19. The number of aryl methyl sites for hydroxylation is 1. The minimum Gasteiger partial charge on any atom is -0.455 e. The Morgan fingerprint density at radius 2 is 1.89 bits per heavy atom. The van der Waals surface area contributed by atoms with E-state index in [-0.39, 0.29) is 18.4 Å². The summed E-state index contributed by atoms with van der Waals surface area (Å²) in [5.74, 6) is 1.16. The third-order valence-electron chi connectivity index (χ3n) is 5.64. The molecule has 37 heavy (non-hydrogen) atoms. The minimum atomic E-state index is -0.815. The second-order valence-electron chi connectivity index (χ2n) is 8.92. The van der Waals surface area contributed by atoms with E-state index in [2.05, 4.69) is 15.8 Å². The van der Waals surface area contributed by atoms with Crippen molar-refractivity contribution in [2.75, 3.05) is 6.79 Å². The van der Waals surface area contributed by atoms with Gasteiger partial charge in [0.2, 0.25) is 6.79 Å². The van der Waals surface area contributed by atoms with E-state index in [0.29, 0.717) is 46.1 Å². The van der Waals surface area contributed by atoms with Crippen LogP contribution in [0.4, 0.5) is 5.69 Å². The standard InChI is InChI=1S/C26H26N4O7/c1-15(2)10-21(28-25(31)17-4-8-23-24(12-17)36-14-35-23)26(32)29-27-13-19-6-9-22(37-19)20-7-5-18(30(33)34)11-16(20)3/h4-9,11-13,15,21H,10,14H2,1-3H3,(H,28,31)(H,29,32)/b27-13-/t21-/m0/s1. The molecule has 2 amide bonds. The molecule has 2 heterocycles.